The quantitative estimate of drug-likeness (QED) is 0.653. The maximum atomic E-state index is 13.1. The molecule has 0 bridgehead atoms. The van der Waals surface area contributed by atoms with E-state index in [2.05, 4.69) is 10.0 Å². The van der Waals surface area contributed by atoms with Crippen molar-refractivity contribution in [2.24, 2.45) is 5.41 Å². The Morgan fingerprint density at radius 3 is 2.36 bits per heavy atom. The molecule has 0 aromatic heterocycles. The van der Waals surface area contributed by atoms with Gasteiger partial charge in [0.1, 0.15) is 12.4 Å². The van der Waals surface area contributed by atoms with Crippen LogP contribution in [0.5, 0.6) is 5.75 Å². The van der Waals surface area contributed by atoms with E-state index in [4.69, 9.17) is 4.74 Å². The molecule has 2 aromatic rings. The zero-order valence-corrected chi connectivity index (χ0v) is 20.7. The number of aryl methyl sites for hydroxylation is 2. The molecular weight excluding hydrogens is 442 g/mol. The van der Waals surface area contributed by atoms with Crippen LogP contribution in [0, 0.1) is 19.3 Å². The largest absolute Gasteiger partial charge is 0.490 e. The maximum absolute atomic E-state index is 13.1. The Morgan fingerprint density at radius 2 is 1.79 bits per heavy atom. The van der Waals surface area contributed by atoms with Gasteiger partial charge < -0.3 is 15.0 Å². The van der Waals surface area contributed by atoms with Gasteiger partial charge in [-0.15, -0.1) is 0 Å². The third-order valence-electron chi connectivity index (χ3n) is 5.48. The summed E-state index contributed by atoms with van der Waals surface area (Å²) in [5.74, 6) is 0.205. The van der Waals surface area contributed by atoms with Crippen LogP contribution in [0.4, 0.5) is 17.1 Å². The number of hydrogen-bond donors (Lipinski definition) is 2. The van der Waals surface area contributed by atoms with E-state index >= 15 is 0 Å². The van der Waals surface area contributed by atoms with E-state index in [9.17, 15) is 18.0 Å². The van der Waals surface area contributed by atoms with Crippen molar-refractivity contribution in [3.63, 3.8) is 0 Å². The van der Waals surface area contributed by atoms with Crippen molar-refractivity contribution in [2.75, 3.05) is 28.1 Å². The Morgan fingerprint density at radius 1 is 1.15 bits per heavy atom. The standard InChI is InChI=1S/C24H31N3O5S/c1-7-10-27-20-9-8-18(13-21(20)32-14-24(5,6)23(27)29)26-33(30,31)19-11-15(2)22(16(3)12-19)25-17(4)28/h8-9,11-13,26H,7,10,14H2,1-6H3,(H,25,28). The SMILES string of the molecule is CCCN1C(=O)C(C)(C)COc2cc(NS(=O)(=O)c3cc(C)c(NC(C)=O)c(C)c3)ccc21. The Bertz CT molecular complexity index is 1180. The Balaban J connectivity index is 1.94. The van der Waals surface area contributed by atoms with Gasteiger partial charge in [-0.25, -0.2) is 8.42 Å². The highest BCUT2D eigenvalue weighted by molar-refractivity contribution is 7.92. The lowest BCUT2D eigenvalue weighted by Crippen LogP contribution is -2.42. The Kier molecular flexibility index (Phi) is 6.74. The third-order valence-corrected chi connectivity index (χ3v) is 6.84. The predicted octanol–water partition coefficient (Wildman–Crippen LogP) is 4.22. The average Bonchev–Trinajstić information content (AvgIpc) is 2.80. The molecule has 1 aliphatic rings. The molecule has 0 aliphatic carbocycles. The van der Waals surface area contributed by atoms with Crippen molar-refractivity contribution >= 4 is 38.9 Å². The molecule has 0 fully saturated rings. The molecule has 2 N–H and O–H groups in total. The minimum atomic E-state index is -3.90. The predicted molar refractivity (Wildman–Crippen MR) is 129 cm³/mol. The fourth-order valence-electron chi connectivity index (χ4n) is 3.82. The normalized spacial score (nSPS) is 15.3. The van der Waals surface area contributed by atoms with Crippen LogP contribution >= 0.6 is 0 Å². The highest BCUT2D eigenvalue weighted by Gasteiger charge is 2.37. The fourth-order valence-corrected chi connectivity index (χ4v) is 5.04. The summed E-state index contributed by atoms with van der Waals surface area (Å²) in [6.07, 6.45) is 0.781. The van der Waals surface area contributed by atoms with Gasteiger partial charge in [0.25, 0.3) is 10.0 Å². The second kappa shape index (κ2) is 9.05. The molecule has 0 atom stereocenters. The number of fused-ring (bicyclic) bond motifs is 1. The number of carbonyl (C=O) groups is 2. The van der Waals surface area contributed by atoms with Crippen LogP contribution in [0.15, 0.2) is 35.2 Å². The van der Waals surface area contributed by atoms with Gasteiger partial charge in [0.2, 0.25) is 11.8 Å². The first-order valence-corrected chi connectivity index (χ1v) is 12.3. The van der Waals surface area contributed by atoms with Crippen LogP contribution in [0.3, 0.4) is 0 Å². The summed E-state index contributed by atoms with van der Waals surface area (Å²) >= 11 is 0. The van der Waals surface area contributed by atoms with Gasteiger partial charge >= 0.3 is 0 Å². The lowest BCUT2D eigenvalue weighted by atomic mass is 9.93. The van der Waals surface area contributed by atoms with Crippen LogP contribution in [0.25, 0.3) is 0 Å². The van der Waals surface area contributed by atoms with Gasteiger partial charge in [0, 0.05) is 25.2 Å². The van der Waals surface area contributed by atoms with E-state index < -0.39 is 15.4 Å². The van der Waals surface area contributed by atoms with Crippen molar-refractivity contribution in [3.8, 4) is 5.75 Å². The first-order chi connectivity index (χ1) is 15.4. The van der Waals surface area contributed by atoms with E-state index in [0.717, 1.165) is 6.42 Å². The molecule has 3 rings (SSSR count). The van der Waals surface area contributed by atoms with Crippen molar-refractivity contribution in [1.82, 2.24) is 0 Å². The molecule has 0 spiro atoms. The number of rotatable bonds is 6. The molecule has 0 saturated heterocycles. The van der Waals surface area contributed by atoms with Gasteiger partial charge in [0.05, 0.1) is 21.7 Å². The molecule has 9 heteroatoms. The molecular formula is C24H31N3O5S. The van der Waals surface area contributed by atoms with Crippen molar-refractivity contribution in [2.45, 2.75) is 52.9 Å². The minimum absolute atomic E-state index is 0.0263. The van der Waals surface area contributed by atoms with Crippen molar-refractivity contribution in [1.29, 1.82) is 0 Å². The number of ether oxygens (including phenoxy) is 1. The topological polar surface area (TPSA) is 105 Å². The minimum Gasteiger partial charge on any atom is -0.490 e. The second-order valence-corrected chi connectivity index (χ2v) is 10.7. The fraction of sp³-hybridized carbons (Fsp3) is 0.417. The molecule has 2 amide bonds. The van der Waals surface area contributed by atoms with Crippen molar-refractivity contribution in [3.05, 3.63) is 41.5 Å². The molecule has 178 valence electrons. The number of amides is 2. The zero-order valence-electron chi connectivity index (χ0n) is 19.9. The summed E-state index contributed by atoms with van der Waals surface area (Å²) < 4.78 is 34.7. The molecule has 1 heterocycles. The van der Waals surface area contributed by atoms with Gasteiger partial charge in [-0.05, 0) is 69.5 Å². The monoisotopic (exact) mass is 473 g/mol. The van der Waals surface area contributed by atoms with Gasteiger partial charge in [-0.3, -0.25) is 14.3 Å². The second-order valence-electron chi connectivity index (χ2n) is 9.03. The summed E-state index contributed by atoms with van der Waals surface area (Å²) in [4.78, 5) is 26.2. The summed E-state index contributed by atoms with van der Waals surface area (Å²) in [5, 5.41) is 2.73. The average molecular weight is 474 g/mol. The first-order valence-electron chi connectivity index (χ1n) is 10.9. The Hall–Kier alpha value is -3.07. The van der Waals surface area contributed by atoms with Gasteiger partial charge in [-0.1, -0.05) is 6.92 Å². The van der Waals surface area contributed by atoms with E-state index in [0.29, 0.717) is 40.5 Å². The molecule has 2 aromatic carbocycles. The number of carbonyl (C=O) groups excluding carboxylic acids is 2. The third kappa shape index (κ3) is 5.13. The van der Waals surface area contributed by atoms with E-state index in [1.54, 1.807) is 36.9 Å². The zero-order chi connectivity index (χ0) is 24.6. The highest BCUT2D eigenvalue weighted by Crippen LogP contribution is 2.38. The van der Waals surface area contributed by atoms with Crippen LogP contribution in [-0.2, 0) is 19.6 Å². The van der Waals surface area contributed by atoms with E-state index in [1.807, 2.05) is 20.8 Å². The summed E-state index contributed by atoms with van der Waals surface area (Å²) in [6, 6.07) is 7.98. The molecule has 0 saturated carbocycles. The number of anilines is 3. The van der Waals surface area contributed by atoms with Gasteiger partial charge in [-0.2, -0.15) is 0 Å². The number of nitrogens with one attached hydrogen (secondary N) is 2. The van der Waals surface area contributed by atoms with E-state index in [1.165, 1.54) is 19.1 Å². The number of benzene rings is 2. The molecule has 0 radical (unpaired) electrons. The van der Waals surface area contributed by atoms with Crippen LogP contribution < -0.4 is 19.7 Å². The Labute approximate surface area is 195 Å². The summed E-state index contributed by atoms with van der Waals surface area (Å²) in [6.45, 7) is 11.3. The first kappa shape index (κ1) is 24.6. The van der Waals surface area contributed by atoms with Crippen molar-refractivity contribution < 1.29 is 22.7 Å². The highest BCUT2D eigenvalue weighted by atomic mass is 32.2. The summed E-state index contributed by atoms with van der Waals surface area (Å²) in [7, 11) is -3.90. The smallest absolute Gasteiger partial charge is 0.261 e. The summed E-state index contributed by atoms with van der Waals surface area (Å²) in [5.41, 5.74) is 2.15. The van der Waals surface area contributed by atoms with Gasteiger partial charge in [0.15, 0.2) is 0 Å². The molecule has 0 unspecified atom stereocenters. The van der Waals surface area contributed by atoms with Crippen LogP contribution in [0.1, 0.15) is 45.2 Å². The molecule has 1 aliphatic heterocycles. The number of hydrogen-bond acceptors (Lipinski definition) is 5. The van der Waals surface area contributed by atoms with E-state index in [-0.39, 0.29) is 23.3 Å². The lowest BCUT2D eigenvalue weighted by Gasteiger charge is -2.27. The van der Waals surface area contributed by atoms with Crippen LogP contribution in [-0.4, -0.2) is 33.4 Å². The molecule has 8 nitrogen and oxygen atoms in total. The maximum Gasteiger partial charge on any atom is 0.261 e. The number of nitrogens with zero attached hydrogens (tertiary/aromatic N) is 1. The molecule has 33 heavy (non-hydrogen) atoms. The van der Waals surface area contributed by atoms with Crippen LogP contribution in [0.2, 0.25) is 0 Å². The number of sulfonamides is 1. The lowest BCUT2D eigenvalue weighted by molar-refractivity contribution is -0.127.